The first-order valence-corrected chi connectivity index (χ1v) is 8.39. The summed E-state index contributed by atoms with van der Waals surface area (Å²) in [6, 6.07) is 6.35. The summed E-state index contributed by atoms with van der Waals surface area (Å²) in [5.41, 5.74) is 1.00. The first kappa shape index (κ1) is 16.0. The van der Waals surface area contributed by atoms with Gasteiger partial charge in [0.15, 0.2) is 0 Å². The van der Waals surface area contributed by atoms with E-state index in [2.05, 4.69) is 0 Å². The van der Waals surface area contributed by atoms with E-state index in [1.54, 1.807) is 31.2 Å². The molecule has 0 saturated carbocycles. The predicted octanol–water partition coefficient (Wildman–Crippen LogP) is 1.81. The molecule has 2 rings (SSSR count). The van der Waals surface area contributed by atoms with Gasteiger partial charge in [0.2, 0.25) is 10.0 Å². The summed E-state index contributed by atoms with van der Waals surface area (Å²) in [4.78, 5) is 12.1. The average molecular weight is 311 g/mol. The van der Waals surface area contributed by atoms with Gasteiger partial charge in [-0.15, -0.1) is 0 Å². The molecule has 1 heterocycles. The number of aryl methyl sites for hydroxylation is 1. The zero-order valence-corrected chi connectivity index (χ0v) is 13.6. The molecule has 0 radical (unpaired) electrons. The van der Waals surface area contributed by atoms with Crippen LogP contribution < -0.4 is 0 Å². The number of nitrogens with zero attached hydrogens (tertiary/aromatic N) is 1. The van der Waals surface area contributed by atoms with Gasteiger partial charge < -0.3 is 4.74 Å². The minimum atomic E-state index is -3.59. The van der Waals surface area contributed by atoms with Crippen molar-refractivity contribution in [2.45, 2.75) is 31.7 Å². The van der Waals surface area contributed by atoms with Gasteiger partial charge in [-0.1, -0.05) is 24.6 Å². The molecule has 1 saturated heterocycles. The molecule has 0 amide bonds. The monoisotopic (exact) mass is 311 g/mol. The molecule has 1 aromatic carbocycles. The van der Waals surface area contributed by atoms with Gasteiger partial charge >= 0.3 is 5.97 Å². The number of carbonyl (C=O) groups excluding carboxylic acids is 1. The van der Waals surface area contributed by atoms with Gasteiger partial charge in [-0.3, -0.25) is 4.79 Å². The van der Waals surface area contributed by atoms with Crippen molar-refractivity contribution in [2.75, 3.05) is 13.7 Å². The van der Waals surface area contributed by atoms with Gasteiger partial charge in [0, 0.05) is 12.6 Å². The van der Waals surface area contributed by atoms with Crippen molar-refractivity contribution >= 4 is 16.0 Å². The van der Waals surface area contributed by atoms with E-state index in [-0.39, 0.29) is 16.8 Å². The number of rotatable bonds is 3. The molecule has 3 atom stereocenters. The first-order chi connectivity index (χ1) is 9.78. The van der Waals surface area contributed by atoms with E-state index in [0.29, 0.717) is 6.54 Å². The average Bonchev–Trinajstić information content (AvgIpc) is 2.74. The fraction of sp³-hybridized carbons (Fsp3) is 0.533. The highest BCUT2D eigenvalue weighted by Gasteiger charge is 2.47. The van der Waals surface area contributed by atoms with Gasteiger partial charge in [0.25, 0.3) is 0 Å². The van der Waals surface area contributed by atoms with Crippen molar-refractivity contribution in [3.8, 4) is 0 Å². The summed E-state index contributed by atoms with van der Waals surface area (Å²) in [5, 5.41) is 0. The van der Waals surface area contributed by atoms with Crippen LogP contribution in [0.5, 0.6) is 0 Å². The van der Waals surface area contributed by atoms with Gasteiger partial charge in [0.1, 0.15) is 0 Å². The Balaban J connectivity index is 2.33. The van der Waals surface area contributed by atoms with Crippen molar-refractivity contribution in [3.63, 3.8) is 0 Å². The second-order valence-corrected chi connectivity index (χ2v) is 7.55. The zero-order chi connectivity index (χ0) is 15.8. The number of methoxy groups -OCH3 is 1. The third kappa shape index (κ3) is 2.82. The molecule has 0 unspecified atom stereocenters. The minimum Gasteiger partial charge on any atom is -0.469 e. The normalized spacial score (nSPS) is 26.8. The second-order valence-electron chi connectivity index (χ2n) is 5.65. The number of hydrogen-bond donors (Lipinski definition) is 0. The minimum absolute atomic E-state index is 0.0623. The number of hydrogen-bond acceptors (Lipinski definition) is 4. The fourth-order valence-electron chi connectivity index (χ4n) is 2.95. The Kier molecular flexibility index (Phi) is 4.39. The van der Waals surface area contributed by atoms with Crippen LogP contribution in [0.4, 0.5) is 0 Å². The van der Waals surface area contributed by atoms with Crippen molar-refractivity contribution in [1.82, 2.24) is 4.31 Å². The van der Waals surface area contributed by atoms with E-state index in [1.165, 1.54) is 11.4 Å². The third-order valence-corrected chi connectivity index (χ3v) is 6.12. The molecule has 0 spiro atoms. The molecule has 5 nitrogen and oxygen atoms in total. The first-order valence-electron chi connectivity index (χ1n) is 6.95. The van der Waals surface area contributed by atoms with Gasteiger partial charge in [0.05, 0.1) is 17.9 Å². The third-order valence-electron chi connectivity index (χ3n) is 4.16. The van der Waals surface area contributed by atoms with Crippen LogP contribution in [0.15, 0.2) is 29.2 Å². The number of sulfonamides is 1. The maximum atomic E-state index is 12.7. The van der Waals surface area contributed by atoms with Crippen molar-refractivity contribution in [3.05, 3.63) is 29.8 Å². The molecule has 1 fully saturated rings. The molecule has 1 aromatic rings. The predicted molar refractivity (Wildman–Crippen MR) is 79.2 cm³/mol. The van der Waals surface area contributed by atoms with Gasteiger partial charge in [-0.25, -0.2) is 8.42 Å². The van der Waals surface area contributed by atoms with E-state index in [9.17, 15) is 13.2 Å². The van der Waals surface area contributed by atoms with Crippen LogP contribution >= 0.6 is 0 Å². The lowest BCUT2D eigenvalue weighted by atomic mass is 9.93. The summed E-state index contributed by atoms with van der Waals surface area (Å²) in [7, 11) is -2.25. The summed E-state index contributed by atoms with van der Waals surface area (Å²) in [5.74, 6) is -0.834. The highest BCUT2D eigenvalue weighted by Crippen LogP contribution is 2.34. The lowest BCUT2D eigenvalue weighted by Gasteiger charge is -2.23. The molecule has 1 aliphatic rings. The maximum absolute atomic E-state index is 12.7. The van der Waals surface area contributed by atoms with Gasteiger partial charge in [-0.2, -0.15) is 4.31 Å². The largest absolute Gasteiger partial charge is 0.469 e. The van der Waals surface area contributed by atoms with Crippen molar-refractivity contribution < 1.29 is 17.9 Å². The quantitative estimate of drug-likeness (QED) is 0.799. The molecule has 1 aliphatic heterocycles. The highest BCUT2D eigenvalue weighted by molar-refractivity contribution is 7.89. The van der Waals surface area contributed by atoms with Crippen LogP contribution in [0, 0.1) is 18.8 Å². The smallest absolute Gasteiger partial charge is 0.310 e. The Morgan fingerprint density at radius 2 is 1.81 bits per heavy atom. The molecule has 0 aliphatic carbocycles. The Morgan fingerprint density at radius 3 is 2.33 bits per heavy atom. The molecule has 0 N–H and O–H groups in total. The molecular formula is C15H21NO4S. The Labute approximate surface area is 126 Å². The molecular weight excluding hydrogens is 290 g/mol. The topological polar surface area (TPSA) is 63.7 Å². The summed E-state index contributed by atoms with van der Waals surface area (Å²) in [6.07, 6.45) is 0. The Hall–Kier alpha value is -1.40. The Bertz CT molecular complexity index is 624. The maximum Gasteiger partial charge on any atom is 0.310 e. The van der Waals surface area contributed by atoms with E-state index in [1.807, 2.05) is 13.8 Å². The summed E-state index contributed by atoms with van der Waals surface area (Å²) >= 11 is 0. The summed E-state index contributed by atoms with van der Waals surface area (Å²) < 4.78 is 31.7. The molecule has 21 heavy (non-hydrogen) atoms. The standard InChI is InChI=1S/C15H21NO4S/c1-10-5-7-13(8-6-10)21(18,19)16-9-11(2)14(12(16)3)15(17)20-4/h5-8,11-12,14H,9H2,1-4H3/t11-,12+,14-/m0/s1. The molecule has 6 heteroatoms. The molecule has 0 aromatic heterocycles. The highest BCUT2D eigenvalue weighted by atomic mass is 32.2. The molecule has 0 bridgehead atoms. The summed E-state index contributed by atoms with van der Waals surface area (Å²) in [6.45, 7) is 5.88. The Morgan fingerprint density at radius 1 is 1.24 bits per heavy atom. The van der Waals surface area contributed by atoms with Gasteiger partial charge in [-0.05, 0) is 31.9 Å². The number of carbonyl (C=O) groups is 1. The van der Waals surface area contributed by atoms with Crippen LogP contribution in [-0.4, -0.2) is 38.4 Å². The SMILES string of the molecule is COC(=O)[C@@H]1[C@@H](C)N(S(=O)(=O)c2ccc(C)cc2)C[C@@H]1C. The number of esters is 1. The van der Waals surface area contributed by atoms with E-state index < -0.39 is 22.0 Å². The lowest BCUT2D eigenvalue weighted by Crippen LogP contribution is -2.38. The van der Waals surface area contributed by atoms with Crippen LogP contribution in [0.2, 0.25) is 0 Å². The lowest BCUT2D eigenvalue weighted by molar-refractivity contribution is -0.147. The van der Waals surface area contributed by atoms with Crippen molar-refractivity contribution in [2.24, 2.45) is 11.8 Å². The van der Waals surface area contributed by atoms with E-state index in [0.717, 1.165) is 5.56 Å². The zero-order valence-electron chi connectivity index (χ0n) is 12.7. The van der Waals surface area contributed by atoms with Crippen molar-refractivity contribution in [1.29, 1.82) is 0 Å². The van der Waals surface area contributed by atoms with Crippen LogP contribution in [-0.2, 0) is 19.6 Å². The van der Waals surface area contributed by atoms with Crippen LogP contribution in [0.3, 0.4) is 0 Å². The van der Waals surface area contributed by atoms with E-state index in [4.69, 9.17) is 4.74 Å². The fourth-order valence-corrected chi connectivity index (χ4v) is 4.70. The number of ether oxygens (including phenoxy) is 1. The van der Waals surface area contributed by atoms with Crippen LogP contribution in [0.1, 0.15) is 19.4 Å². The second kappa shape index (κ2) is 5.77. The van der Waals surface area contributed by atoms with Crippen LogP contribution in [0.25, 0.3) is 0 Å². The molecule has 116 valence electrons. The number of benzene rings is 1. The van der Waals surface area contributed by atoms with E-state index >= 15 is 0 Å².